The van der Waals surface area contributed by atoms with Crippen molar-refractivity contribution < 1.29 is 22.5 Å². The van der Waals surface area contributed by atoms with Gasteiger partial charge in [-0.2, -0.15) is 0 Å². The van der Waals surface area contributed by atoms with Crippen LogP contribution in [0.1, 0.15) is 45.7 Å². The minimum absolute atomic E-state index is 0.00163. The van der Waals surface area contributed by atoms with Crippen LogP contribution >= 0.6 is 0 Å². The van der Waals surface area contributed by atoms with Gasteiger partial charge in [0.05, 0.1) is 23.9 Å². The summed E-state index contributed by atoms with van der Waals surface area (Å²) in [5.74, 6) is -1.42. The summed E-state index contributed by atoms with van der Waals surface area (Å²) in [5, 5.41) is 11.1. The van der Waals surface area contributed by atoms with Crippen LogP contribution in [0.15, 0.2) is 273 Å². The first-order valence-electron chi connectivity index (χ1n) is 33.6. The van der Waals surface area contributed by atoms with Crippen molar-refractivity contribution in [3.63, 3.8) is 0 Å². The normalized spacial score (nSPS) is 19.8. The van der Waals surface area contributed by atoms with E-state index in [1.165, 1.54) is 17.0 Å². The first kappa shape index (κ1) is 40.1. The molecule has 0 heterocycles. The molecule has 400 valence electrons. The van der Waals surface area contributed by atoms with E-state index in [9.17, 15) is 8.22 Å². The van der Waals surface area contributed by atoms with E-state index >= 15 is 8.78 Å². The number of anilines is 5. The first-order valence-corrected chi connectivity index (χ1v) is 28.2. The number of hydrogen-bond acceptors (Lipinski definition) is 2. The largest absolute Gasteiger partial charge is 0.335 e. The van der Waals surface area contributed by atoms with Crippen molar-refractivity contribution in [3.8, 4) is 44.5 Å². The van der Waals surface area contributed by atoms with Gasteiger partial charge in [-0.25, -0.2) is 8.78 Å². The predicted octanol–water partition coefficient (Wildman–Crippen LogP) is 23.1. The predicted molar refractivity (Wildman–Crippen MR) is 352 cm³/mol. The highest BCUT2D eigenvalue weighted by molar-refractivity contribution is 6.28. The molecule has 0 amide bonds. The molecule has 0 spiro atoms. The van der Waals surface area contributed by atoms with E-state index < -0.39 is 79.9 Å². The maximum atomic E-state index is 18.6. The smallest absolute Gasteiger partial charge is 0.147 e. The Morgan fingerprint density at radius 1 is 0.321 bits per heavy atom. The fraction of sp³-hybridized carbons (Fsp3) is 0.0750. The van der Waals surface area contributed by atoms with E-state index in [4.69, 9.17) is 5.48 Å². The fourth-order valence-electron chi connectivity index (χ4n) is 13.2. The molecule has 84 heavy (non-hydrogen) atoms. The quantitative estimate of drug-likeness (QED) is 0.126. The van der Waals surface area contributed by atoms with Gasteiger partial charge in [0.2, 0.25) is 0 Å². The molecular weight excluding hydrogens is 1030 g/mol. The molecule has 0 bridgehead atoms. The van der Waals surface area contributed by atoms with Crippen molar-refractivity contribution in [2.45, 2.75) is 38.0 Å². The first-order chi connectivity index (χ1) is 45.7. The molecule has 4 unspecified atom stereocenters. The Morgan fingerprint density at radius 3 is 1.18 bits per heavy atom. The molecule has 2 nitrogen and oxygen atoms in total. The van der Waals surface area contributed by atoms with Crippen molar-refractivity contribution in [1.29, 1.82) is 0 Å². The monoisotopic (exact) mass is 1090 g/mol. The number of halogens is 2. The second kappa shape index (κ2) is 20.4. The summed E-state index contributed by atoms with van der Waals surface area (Å²) in [5.41, 5.74) is 5.82. The highest BCUT2D eigenvalue weighted by Gasteiger charge is 2.31. The van der Waals surface area contributed by atoms with Crippen LogP contribution in [-0.2, 0) is 0 Å². The topological polar surface area (TPSA) is 6.48 Å². The summed E-state index contributed by atoms with van der Waals surface area (Å²) in [6.07, 6.45) is -7.21. The number of benzene rings is 15. The highest BCUT2D eigenvalue weighted by atomic mass is 19.1. The molecule has 0 radical (unpaired) electrons. The van der Waals surface area contributed by atoms with Crippen molar-refractivity contribution in [2.75, 3.05) is 9.80 Å². The van der Waals surface area contributed by atoms with Crippen LogP contribution in [0.2, 0.25) is 0 Å². The minimum Gasteiger partial charge on any atom is -0.335 e. The average Bonchev–Trinajstić information content (AvgIpc) is 0.718. The van der Waals surface area contributed by atoms with E-state index in [2.05, 4.69) is 0 Å². The van der Waals surface area contributed by atoms with Gasteiger partial charge in [0.1, 0.15) is 11.6 Å². The molecule has 15 aromatic rings. The molecule has 0 aromatic heterocycles. The maximum absolute atomic E-state index is 18.6. The lowest BCUT2D eigenvalue weighted by atomic mass is 9.87. The molecule has 4 heteroatoms. The molecule has 1 fully saturated rings. The maximum Gasteiger partial charge on any atom is 0.147 e. The number of hydrogen-bond donors (Lipinski definition) is 0. The van der Waals surface area contributed by atoms with Gasteiger partial charge >= 0.3 is 0 Å². The molecule has 1 aliphatic rings. The number of nitrogens with zero attached hydrogens (tertiary/aromatic N) is 2. The molecule has 4 atom stereocenters. The second-order valence-corrected chi connectivity index (χ2v) is 21.5. The Hall–Kier alpha value is -10.2. The summed E-state index contributed by atoms with van der Waals surface area (Å²) in [7, 11) is 0. The molecule has 0 N–H and O–H groups in total. The minimum atomic E-state index is -1.47. The van der Waals surface area contributed by atoms with Gasteiger partial charge in [-0.15, -0.1) is 0 Å². The highest BCUT2D eigenvalue weighted by Crippen LogP contribution is 2.52. The Kier molecular flexibility index (Phi) is 9.73. The van der Waals surface area contributed by atoms with E-state index in [1.807, 2.05) is 212 Å². The summed E-state index contributed by atoms with van der Waals surface area (Å²) >= 11 is 0. The zero-order chi connectivity index (χ0) is 64.5. The zero-order valence-electron chi connectivity index (χ0n) is 55.2. The van der Waals surface area contributed by atoms with Gasteiger partial charge in [0, 0.05) is 35.0 Å². The van der Waals surface area contributed by atoms with Gasteiger partial charge in [0.15, 0.2) is 0 Å². The SMILES string of the molecule is [2H]c1c([2H])c([2H])c(N(c2cc(-c3cccc4ccccc34)c(-c3cccc4ccccc34)cc2F)c2ccc3ccc4c(N(c5cc(-c6cccc7ccccc67)c(-c6cccc7ccccc67)cc5F)C5C([2H])C([2H])C([2H])C([2H])C5[2H])ccc5ccc2c3c54)c([2H])c1[2H]. The van der Waals surface area contributed by atoms with Crippen LogP contribution in [-0.4, -0.2) is 6.04 Å². The molecule has 16 rings (SSSR count). The summed E-state index contributed by atoms with van der Waals surface area (Å²) in [6, 6.07) is 72.5. The molecule has 0 aliphatic heterocycles. The lowest BCUT2D eigenvalue weighted by molar-refractivity contribution is 0.433. The Balaban J connectivity index is 0.976. The lowest BCUT2D eigenvalue weighted by Gasteiger charge is -2.38. The van der Waals surface area contributed by atoms with Crippen LogP contribution in [0, 0.1) is 11.6 Å². The fourth-order valence-corrected chi connectivity index (χ4v) is 13.2. The third-order valence-electron chi connectivity index (χ3n) is 17.0. The van der Waals surface area contributed by atoms with Crippen molar-refractivity contribution in [2.24, 2.45) is 0 Å². The molecule has 1 saturated carbocycles. The van der Waals surface area contributed by atoms with Gasteiger partial charge in [0.25, 0.3) is 0 Å². The summed E-state index contributed by atoms with van der Waals surface area (Å²) in [4.78, 5) is 3.07. The second-order valence-electron chi connectivity index (χ2n) is 21.5. The van der Waals surface area contributed by atoms with Gasteiger partial charge in [-0.05, 0) is 170 Å². The van der Waals surface area contributed by atoms with Crippen LogP contribution < -0.4 is 9.80 Å². The van der Waals surface area contributed by atoms with E-state index in [-0.39, 0.29) is 22.7 Å². The Bertz CT molecular complexity index is 5540. The van der Waals surface area contributed by atoms with Crippen molar-refractivity contribution >= 4 is 104 Å². The Labute approximate surface area is 501 Å². The lowest BCUT2D eigenvalue weighted by Crippen LogP contribution is -2.33. The average molecular weight is 1090 g/mol. The van der Waals surface area contributed by atoms with Crippen LogP contribution in [0.4, 0.5) is 37.2 Å². The van der Waals surface area contributed by atoms with Crippen LogP contribution in [0.25, 0.3) is 120 Å². The Morgan fingerprint density at radius 2 is 0.702 bits per heavy atom. The van der Waals surface area contributed by atoms with E-state index in [1.54, 1.807) is 23.1 Å². The van der Waals surface area contributed by atoms with Crippen LogP contribution in [0.5, 0.6) is 0 Å². The van der Waals surface area contributed by atoms with E-state index in [0.29, 0.717) is 49.5 Å². The third-order valence-corrected chi connectivity index (χ3v) is 17.0. The molecule has 15 aromatic carbocycles. The summed E-state index contributed by atoms with van der Waals surface area (Å²) < 4.78 is 131. The number of para-hydroxylation sites is 1. The van der Waals surface area contributed by atoms with Crippen molar-refractivity contribution in [3.05, 3.63) is 285 Å². The number of fused-ring (bicyclic) bond motifs is 4. The van der Waals surface area contributed by atoms with Gasteiger partial charge in [-0.1, -0.05) is 244 Å². The zero-order valence-corrected chi connectivity index (χ0v) is 45.2. The van der Waals surface area contributed by atoms with Gasteiger partial charge in [-0.3, -0.25) is 0 Å². The van der Waals surface area contributed by atoms with Crippen molar-refractivity contribution in [1.82, 2.24) is 0 Å². The molecular formula is C80H56F2N2. The number of rotatable bonds is 10. The summed E-state index contributed by atoms with van der Waals surface area (Å²) in [6.45, 7) is 0. The molecule has 1 aliphatic carbocycles. The van der Waals surface area contributed by atoms with Gasteiger partial charge < -0.3 is 9.80 Å². The van der Waals surface area contributed by atoms with Crippen LogP contribution in [0.3, 0.4) is 0 Å². The third kappa shape index (κ3) is 8.19. The molecule has 0 saturated heterocycles. The van der Waals surface area contributed by atoms with E-state index in [0.717, 1.165) is 76.1 Å². The standard InChI is InChI=1S/C80H56F2N2/c81-73-47-69(63-35-15-23-51-19-7-11-31-59(51)63)71(65-37-17-25-53-21-9-13-33-61(53)65)49-77(73)83(57-27-3-1-4-28-57)75-45-41-55-40-44-68-76(46-42-56-39-43-67(75)79(55)80(56)68)84(58-29-5-2-6-30-58)78-50-72(66-38-18-26-54-22-10-14-34-62(54)66)70(48-74(78)82)64-36-16-24-52-20-8-12-32-60(52)64/h1,3-4,7-28,31-50,58H,2,5-6,29-30H2/i1D,2D,3D,4D,5D,6D,27D,28D,29D,30D.